The third-order valence-electron chi connectivity index (χ3n) is 4.80. The van der Waals surface area contributed by atoms with Crippen LogP contribution in [0.1, 0.15) is 38.0 Å². The molecule has 6 heteroatoms. The molecule has 1 aliphatic carbocycles. The number of anilines is 1. The molecule has 1 saturated carbocycles. The Hall–Kier alpha value is -1.14. The van der Waals surface area contributed by atoms with Crippen molar-refractivity contribution in [1.29, 1.82) is 0 Å². The molecule has 1 aliphatic heterocycles. The highest BCUT2D eigenvalue weighted by atomic mass is 32.1. The van der Waals surface area contributed by atoms with Gasteiger partial charge >= 0.3 is 0 Å². The van der Waals surface area contributed by atoms with E-state index in [4.69, 9.17) is 5.73 Å². The molecule has 2 aliphatic rings. The number of likely N-dealkylation sites (tertiary alicyclic amines) is 1. The molecule has 2 fully saturated rings. The average Bonchev–Trinajstić information content (AvgIpc) is 3.06. The summed E-state index contributed by atoms with van der Waals surface area (Å²) in [5.41, 5.74) is 5.60. The summed E-state index contributed by atoms with van der Waals surface area (Å²) in [6.07, 6.45) is 4.97. The predicted octanol–water partition coefficient (Wildman–Crippen LogP) is 1.85. The molecular formula is C15H24N4OS. The molecule has 3 N–H and O–H groups in total. The van der Waals surface area contributed by atoms with E-state index in [0.717, 1.165) is 38.9 Å². The van der Waals surface area contributed by atoms with Gasteiger partial charge in [0.05, 0.1) is 0 Å². The van der Waals surface area contributed by atoms with E-state index < -0.39 is 0 Å². The lowest BCUT2D eigenvalue weighted by molar-refractivity contribution is -0.127. The molecular weight excluding hydrogens is 284 g/mol. The molecule has 5 nitrogen and oxygen atoms in total. The first-order chi connectivity index (χ1) is 9.96. The number of nitrogens with zero attached hydrogens (tertiary/aromatic N) is 2. The predicted molar refractivity (Wildman–Crippen MR) is 84.9 cm³/mol. The van der Waals surface area contributed by atoms with E-state index in [1.807, 2.05) is 6.20 Å². The minimum absolute atomic E-state index is 0.0724. The average molecular weight is 308 g/mol. The van der Waals surface area contributed by atoms with Crippen molar-refractivity contribution < 1.29 is 4.79 Å². The van der Waals surface area contributed by atoms with Crippen molar-refractivity contribution in [2.75, 3.05) is 18.8 Å². The van der Waals surface area contributed by atoms with Gasteiger partial charge in [-0.2, -0.15) is 0 Å². The van der Waals surface area contributed by atoms with E-state index in [1.54, 1.807) is 11.3 Å². The molecule has 1 aromatic rings. The minimum Gasteiger partial charge on any atom is -0.375 e. The van der Waals surface area contributed by atoms with Crippen LogP contribution >= 0.6 is 11.3 Å². The first-order valence-electron chi connectivity index (χ1n) is 7.70. The van der Waals surface area contributed by atoms with Crippen molar-refractivity contribution in [1.82, 2.24) is 15.2 Å². The Balaban J connectivity index is 1.50. The molecule has 0 radical (unpaired) electrons. The molecule has 0 spiro atoms. The van der Waals surface area contributed by atoms with Gasteiger partial charge in [-0.05, 0) is 25.2 Å². The summed E-state index contributed by atoms with van der Waals surface area (Å²) in [6, 6.07) is 0.317. The third-order valence-corrected chi connectivity index (χ3v) is 5.62. The van der Waals surface area contributed by atoms with Gasteiger partial charge in [0.15, 0.2) is 5.13 Å². The topological polar surface area (TPSA) is 71.2 Å². The molecule has 0 aromatic carbocycles. The van der Waals surface area contributed by atoms with Gasteiger partial charge in [-0.25, -0.2) is 4.98 Å². The molecule has 1 saturated heterocycles. The summed E-state index contributed by atoms with van der Waals surface area (Å²) in [6.45, 7) is 7.24. The SMILES string of the molecule is CC1CN(Cc2cnc(N)s2)CCC1NC(=O)C1(C)CC1. The van der Waals surface area contributed by atoms with Gasteiger partial charge < -0.3 is 11.1 Å². The smallest absolute Gasteiger partial charge is 0.226 e. The van der Waals surface area contributed by atoms with Crippen molar-refractivity contribution in [2.24, 2.45) is 11.3 Å². The van der Waals surface area contributed by atoms with Gasteiger partial charge in [-0.15, -0.1) is 11.3 Å². The van der Waals surface area contributed by atoms with Crippen LogP contribution in [-0.4, -0.2) is 34.9 Å². The van der Waals surface area contributed by atoms with Crippen LogP contribution in [0, 0.1) is 11.3 Å². The summed E-state index contributed by atoms with van der Waals surface area (Å²) in [7, 11) is 0. The van der Waals surface area contributed by atoms with Gasteiger partial charge in [-0.3, -0.25) is 9.69 Å². The van der Waals surface area contributed by atoms with Gasteiger partial charge in [0.25, 0.3) is 0 Å². The summed E-state index contributed by atoms with van der Waals surface area (Å²) >= 11 is 1.56. The number of carbonyl (C=O) groups is 1. The number of amides is 1. The Labute approximate surface area is 129 Å². The first-order valence-corrected chi connectivity index (χ1v) is 8.51. The highest BCUT2D eigenvalue weighted by Crippen LogP contribution is 2.45. The van der Waals surface area contributed by atoms with Crippen molar-refractivity contribution in [2.45, 2.75) is 45.7 Å². The zero-order valence-corrected chi connectivity index (χ0v) is 13.6. The number of nitrogens with one attached hydrogen (secondary N) is 1. The molecule has 2 heterocycles. The van der Waals surface area contributed by atoms with E-state index in [0.29, 0.717) is 17.1 Å². The monoisotopic (exact) mass is 308 g/mol. The van der Waals surface area contributed by atoms with Gasteiger partial charge in [0.2, 0.25) is 5.91 Å². The Morgan fingerprint density at radius 2 is 2.38 bits per heavy atom. The fraction of sp³-hybridized carbons (Fsp3) is 0.733. The van der Waals surface area contributed by atoms with Crippen LogP contribution in [0.3, 0.4) is 0 Å². The molecule has 116 valence electrons. The zero-order valence-electron chi connectivity index (χ0n) is 12.8. The van der Waals surface area contributed by atoms with Crippen LogP contribution in [0.25, 0.3) is 0 Å². The molecule has 2 atom stereocenters. The van der Waals surface area contributed by atoms with Crippen molar-refractivity contribution in [3.63, 3.8) is 0 Å². The number of thiazole rings is 1. The molecule has 3 rings (SSSR count). The van der Waals surface area contributed by atoms with E-state index in [-0.39, 0.29) is 11.3 Å². The first kappa shape index (κ1) is 14.8. The molecule has 21 heavy (non-hydrogen) atoms. The van der Waals surface area contributed by atoms with E-state index >= 15 is 0 Å². The third kappa shape index (κ3) is 3.37. The highest BCUT2D eigenvalue weighted by Gasteiger charge is 2.45. The molecule has 1 amide bonds. The zero-order chi connectivity index (χ0) is 15.0. The normalized spacial score (nSPS) is 28.3. The molecule has 0 bridgehead atoms. The van der Waals surface area contributed by atoms with Crippen LogP contribution in [0.2, 0.25) is 0 Å². The second-order valence-corrected chi connectivity index (χ2v) is 7.95. The highest BCUT2D eigenvalue weighted by molar-refractivity contribution is 7.15. The standard InChI is InChI=1S/C15H24N4OS/c1-10-8-19(9-11-7-17-14(16)21-11)6-3-12(10)18-13(20)15(2)4-5-15/h7,10,12H,3-6,8-9H2,1-2H3,(H2,16,17)(H,18,20). The molecule has 2 unspecified atom stereocenters. The van der Waals surface area contributed by atoms with Crippen LogP contribution in [0.5, 0.6) is 0 Å². The number of aromatic nitrogens is 1. The van der Waals surface area contributed by atoms with Crippen molar-refractivity contribution >= 4 is 22.4 Å². The van der Waals surface area contributed by atoms with Gasteiger partial charge in [-0.1, -0.05) is 13.8 Å². The maximum atomic E-state index is 12.2. The lowest BCUT2D eigenvalue weighted by Gasteiger charge is -2.37. The van der Waals surface area contributed by atoms with Crippen molar-refractivity contribution in [3.05, 3.63) is 11.1 Å². The number of hydrogen-bond acceptors (Lipinski definition) is 5. The Morgan fingerprint density at radius 3 is 2.95 bits per heavy atom. The lowest BCUT2D eigenvalue weighted by atomic mass is 9.93. The Kier molecular flexibility index (Phi) is 3.92. The molecule has 1 aromatic heterocycles. The number of carbonyl (C=O) groups excluding carboxylic acids is 1. The Bertz CT molecular complexity index is 525. The Morgan fingerprint density at radius 1 is 1.62 bits per heavy atom. The number of nitrogen functional groups attached to an aromatic ring is 1. The number of nitrogens with two attached hydrogens (primary N) is 1. The fourth-order valence-corrected chi connectivity index (χ4v) is 3.69. The quantitative estimate of drug-likeness (QED) is 0.890. The van der Waals surface area contributed by atoms with Crippen molar-refractivity contribution in [3.8, 4) is 0 Å². The maximum absolute atomic E-state index is 12.2. The summed E-state index contributed by atoms with van der Waals surface area (Å²) in [4.78, 5) is 19.9. The van der Waals surface area contributed by atoms with E-state index in [9.17, 15) is 4.79 Å². The van der Waals surface area contributed by atoms with Crippen LogP contribution in [0.4, 0.5) is 5.13 Å². The lowest BCUT2D eigenvalue weighted by Crippen LogP contribution is -2.51. The van der Waals surface area contributed by atoms with Crippen LogP contribution < -0.4 is 11.1 Å². The van der Waals surface area contributed by atoms with Gasteiger partial charge in [0, 0.05) is 42.2 Å². The number of rotatable bonds is 4. The summed E-state index contributed by atoms with van der Waals surface area (Å²) in [5.74, 6) is 0.735. The largest absolute Gasteiger partial charge is 0.375 e. The fourth-order valence-electron chi connectivity index (χ4n) is 2.96. The van der Waals surface area contributed by atoms with E-state index in [1.165, 1.54) is 4.88 Å². The second-order valence-electron chi connectivity index (χ2n) is 6.81. The number of hydrogen-bond donors (Lipinski definition) is 2. The maximum Gasteiger partial charge on any atom is 0.226 e. The summed E-state index contributed by atoms with van der Waals surface area (Å²) < 4.78 is 0. The van der Waals surface area contributed by atoms with E-state index in [2.05, 4.69) is 29.0 Å². The minimum atomic E-state index is -0.0724. The second kappa shape index (κ2) is 5.57. The summed E-state index contributed by atoms with van der Waals surface area (Å²) in [5, 5.41) is 3.90. The number of piperidine rings is 1. The van der Waals surface area contributed by atoms with Crippen LogP contribution in [0.15, 0.2) is 6.20 Å². The van der Waals surface area contributed by atoms with Crippen LogP contribution in [-0.2, 0) is 11.3 Å². The van der Waals surface area contributed by atoms with Gasteiger partial charge in [0.1, 0.15) is 0 Å².